The maximum atomic E-state index is 2.37. The van der Waals surface area contributed by atoms with Crippen LogP contribution in [0, 0.1) is 0 Å². The van der Waals surface area contributed by atoms with Crippen molar-refractivity contribution >= 4 is 43.6 Å². The summed E-state index contributed by atoms with van der Waals surface area (Å²) in [6.07, 6.45) is 0.903. The Kier molecular flexibility index (Phi) is 6.92. The second-order valence-electron chi connectivity index (χ2n) is 13.4. The minimum atomic E-state index is 0.903. The Morgan fingerprint density at radius 3 is 0.804 bits per heavy atom. The average molecular weight is 651 g/mol. The van der Waals surface area contributed by atoms with Gasteiger partial charge in [0.1, 0.15) is 0 Å². The number of hydrogen-bond acceptors (Lipinski definition) is 0. The third-order valence-corrected chi connectivity index (χ3v) is 10.4. The standard InChI is InChI=1S/C49H34N2/c1-5-13-46-42(9-1)43-10-2-6-14-47(43)50(46)40-29-25-38(26-30-40)36-21-17-34(18-22-36)33-35-19-23-37(24-20-35)39-27-31-41(32-28-39)51-48-15-7-3-11-44(48)45-12-4-8-16-49(45)51/h1-32H,33H2. The van der Waals surface area contributed by atoms with Gasteiger partial charge in [-0.2, -0.15) is 0 Å². The summed E-state index contributed by atoms with van der Waals surface area (Å²) in [7, 11) is 0. The third-order valence-electron chi connectivity index (χ3n) is 10.4. The van der Waals surface area contributed by atoms with Gasteiger partial charge in [0.15, 0.2) is 0 Å². The first-order valence-electron chi connectivity index (χ1n) is 17.6. The Morgan fingerprint density at radius 2 is 0.510 bits per heavy atom. The molecule has 8 aromatic carbocycles. The fourth-order valence-corrected chi connectivity index (χ4v) is 7.87. The van der Waals surface area contributed by atoms with Gasteiger partial charge >= 0.3 is 0 Å². The van der Waals surface area contributed by atoms with E-state index in [-0.39, 0.29) is 0 Å². The Hall–Kier alpha value is -6.64. The molecule has 2 heteroatoms. The molecule has 0 aliphatic carbocycles. The zero-order valence-electron chi connectivity index (χ0n) is 28.1. The van der Waals surface area contributed by atoms with Crippen molar-refractivity contribution in [2.24, 2.45) is 0 Å². The highest BCUT2D eigenvalue weighted by Crippen LogP contribution is 2.34. The fraction of sp³-hybridized carbons (Fsp3) is 0.0204. The van der Waals surface area contributed by atoms with Gasteiger partial charge in [-0.1, -0.05) is 146 Å². The van der Waals surface area contributed by atoms with Crippen LogP contribution in [0.2, 0.25) is 0 Å². The van der Waals surface area contributed by atoms with Crippen molar-refractivity contribution in [3.8, 4) is 33.6 Å². The lowest BCUT2D eigenvalue weighted by Gasteiger charge is -2.10. The number of benzene rings is 8. The van der Waals surface area contributed by atoms with Crippen LogP contribution < -0.4 is 0 Å². The van der Waals surface area contributed by atoms with Gasteiger partial charge in [0.2, 0.25) is 0 Å². The summed E-state index contributed by atoms with van der Waals surface area (Å²) in [5, 5.41) is 5.14. The number of aromatic nitrogens is 2. The summed E-state index contributed by atoms with van der Waals surface area (Å²) in [5.41, 5.74) is 14.8. The predicted octanol–water partition coefficient (Wildman–Crippen LogP) is 12.8. The van der Waals surface area contributed by atoms with Crippen LogP contribution in [0.25, 0.3) is 77.2 Å². The van der Waals surface area contributed by atoms with E-state index in [4.69, 9.17) is 0 Å². The number of para-hydroxylation sites is 4. The summed E-state index contributed by atoms with van der Waals surface area (Å²) in [6.45, 7) is 0. The number of fused-ring (bicyclic) bond motifs is 6. The smallest absolute Gasteiger partial charge is 0.0541 e. The van der Waals surface area contributed by atoms with Crippen LogP contribution in [0.15, 0.2) is 194 Å². The molecule has 2 heterocycles. The highest BCUT2D eigenvalue weighted by atomic mass is 15.0. The fourth-order valence-electron chi connectivity index (χ4n) is 7.87. The van der Waals surface area contributed by atoms with Gasteiger partial charge in [0.05, 0.1) is 22.1 Å². The monoisotopic (exact) mass is 650 g/mol. The van der Waals surface area contributed by atoms with Crippen molar-refractivity contribution in [1.82, 2.24) is 9.13 Å². The molecule has 0 radical (unpaired) electrons. The van der Waals surface area contributed by atoms with Crippen molar-refractivity contribution in [3.63, 3.8) is 0 Å². The Morgan fingerprint density at radius 1 is 0.255 bits per heavy atom. The van der Waals surface area contributed by atoms with Crippen LogP contribution in [0.5, 0.6) is 0 Å². The molecule has 10 rings (SSSR count). The zero-order chi connectivity index (χ0) is 33.7. The van der Waals surface area contributed by atoms with Crippen molar-refractivity contribution in [1.29, 1.82) is 0 Å². The highest BCUT2D eigenvalue weighted by molar-refractivity contribution is 6.10. The summed E-state index contributed by atoms with van der Waals surface area (Å²) >= 11 is 0. The molecule has 0 bridgehead atoms. The molecular weight excluding hydrogens is 617 g/mol. The second kappa shape index (κ2) is 12.0. The van der Waals surface area contributed by atoms with E-state index in [2.05, 4.69) is 203 Å². The number of rotatable bonds is 6. The summed E-state index contributed by atoms with van der Waals surface area (Å²) in [6, 6.07) is 70.6. The maximum absolute atomic E-state index is 2.37. The quantitative estimate of drug-likeness (QED) is 0.169. The molecule has 2 nitrogen and oxygen atoms in total. The Bertz CT molecular complexity index is 2530. The predicted molar refractivity (Wildman–Crippen MR) is 215 cm³/mol. The van der Waals surface area contributed by atoms with E-state index in [1.54, 1.807) is 0 Å². The van der Waals surface area contributed by atoms with Crippen LogP contribution in [0.4, 0.5) is 0 Å². The highest BCUT2D eigenvalue weighted by Gasteiger charge is 2.13. The van der Waals surface area contributed by atoms with E-state index in [9.17, 15) is 0 Å². The van der Waals surface area contributed by atoms with Gasteiger partial charge in [-0.15, -0.1) is 0 Å². The van der Waals surface area contributed by atoms with E-state index in [1.807, 2.05) is 0 Å². The van der Waals surface area contributed by atoms with E-state index in [0.717, 1.165) is 6.42 Å². The number of nitrogens with zero attached hydrogens (tertiary/aromatic N) is 2. The first-order valence-corrected chi connectivity index (χ1v) is 17.6. The lowest BCUT2D eigenvalue weighted by molar-refractivity contribution is 1.18. The van der Waals surface area contributed by atoms with Crippen LogP contribution in [-0.4, -0.2) is 9.13 Å². The molecule has 0 atom stereocenters. The molecule has 51 heavy (non-hydrogen) atoms. The molecule has 0 N–H and O–H groups in total. The summed E-state index contributed by atoms with van der Waals surface area (Å²) < 4.78 is 4.73. The van der Waals surface area contributed by atoms with E-state index in [1.165, 1.54) is 88.4 Å². The first-order chi connectivity index (χ1) is 25.3. The molecule has 0 fully saturated rings. The van der Waals surface area contributed by atoms with Gasteiger partial charge in [-0.3, -0.25) is 0 Å². The number of hydrogen-bond donors (Lipinski definition) is 0. The maximum Gasteiger partial charge on any atom is 0.0541 e. The third kappa shape index (κ3) is 5.04. The minimum absolute atomic E-state index is 0.903. The Labute approximate surface area is 297 Å². The molecule has 0 saturated heterocycles. The lowest BCUT2D eigenvalue weighted by atomic mass is 9.98. The lowest BCUT2D eigenvalue weighted by Crippen LogP contribution is -1.94. The summed E-state index contributed by atoms with van der Waals surface area (Å²) in [5.74, 6) is 0. The van der Waals surface area contributed by atoms with Crippen LogP contribution >= 0.6 is 0 Å². The molecule has 240 valence electrons. The first kappa shape index (κ1) is 29.3. The van der Waals surface area contributed by atoms with Crippen molar-refractivity contribution < 1.29 is 0 Å². The minimum Gasteiger partial charge on any atom is -0.309 e. The van der Waals surface area contributed by atoms with E-state index < -0.39 is 0 Å². The molecule has 0 unspecified atom stereocenters. The van der Waals surface area contributed by atoms with Gasteiger partial charge in [0, 0.05) is 32.9 Å². The van der Waals surface area contributed by atoms with Crippen molar-refractivity contribution in [2.75, 3.05) is 0 Å². The molecule has 0 amide bonds. The SMILES string of the molecule is c1ccc2c(c1)c1ccccc1n2-c1ccc(-c2ccc(Cc3ccc(-c4ccc(-n5c6ccccc6c6ccccc65)cc4)cc3)cc2)cc1. The zero-order valence-corrected chi connectivity index (χ0v) is 28.1. The molecule has 0 aliphatic rings. The van der Waals surface area contributed by atoms with Crippen LogP contribution in [0.3, 0.4) is 0 Å². The molecule has 10 aromatic rings. The molecule has 0 aliphatic heterocycles. The van der Waals surface area contributed by atoms with E-state index >= 15 is 0 Å². The van der Waals surface area contributed by atoms with Gasteiger partial charge in [-0.25, -0.2) is 0 Å². The normalized spacial score (nSPS) is 11.6. The topological polar surface area (TPSA) is 9.86 Å². The molecule has 2 aromatic heterocycles. The molecule has 0 saturated carbocycles. The molecule has 0 spiro atoms. The van der Waals surface area contributed by atoms with Crippen LogP contribution in [0.1, 0.15) is 11.1 Å². The van der Waals surface area contributed by atoms with Crippen LogP contribution in [-0.2, 0) is 6.42 Å². The van der Waals surface area contributed by atoms with Gasteiger partial charge < -0.3 is 9.13 Å². The molecular formula is C49H34N2. The second-order valence-corrected chi connectivity index (χ2v) is 13.4. The largest absolute Gasteiger partial charge is 0.309 e. The van der Waals surface area contributed by atoms with Crippen molar-refractivity contribution in [3.05, 3.63) is 205 Å². The van der Waals surface area contributed by atoms with Gasteiger partial charge in [-0.05, 0) is 88.3 Å². The average Bonchev–Trinajstić information content (AvgIpc) is 3.72. The summed E-state index contributed by atoms with van der Waals surface area (Å²) in [4.78, 5) is 0. The van der Waals surface area contributed by atoms with E-state index in [0.29, 0.717) is 0 Å². The Balaban J connectivity index is 0.853. The van der Waals surface area contributed by atoms with Gasteiger partial charge in [0.25, 0.3) is 0 Å². The van der Waals surface area contributed by atoms with Crippen molar-refractivity contribution in [2.45, 2.75) is 6.42 Å².